The molecule has 0 saturated heterocycles. The lowest BCUT2D eigenvalue weighted by Gasteiger charge is -2.32. The van der Waals surface area contributed by atoms with Crippen LogP contribution in [0.5, 0.6) is 0 Å². The second-order valence-electron chi connectivity index (χ2n) is 21.4. The zero-order chi connectivity index (χ0) is 50.2. The number of hydrogen-bond donors (Lipinski definition) is 0. The topological polar surface area (TPSA) is 15.3 Å². The van der Waals surface area contributed by atoms with Gasteiger partial charge in [-0.3, -0.25) is 0 Å². The number of nitrogens with zero attached hydrogens (tertiary/aromatic N) is 4. The van der Waals surface area contributed by atoms with Crippen LogP contribution in [0.3, 0.4) is 0 Å². The van der Waals surface area contributed by atoms with E-state index in [0.29, 0.717) is 0 Å². The summed E-state index contributed by atoms with van der Waals surface area (Å²) in [6.45, 7) is 11.2. The van der Waals surface area contributed by atoms with E-state index in [1.807, 2.05) is 6.07 Å². The summed E-state index contributed by atoms with van der Waals surface area (Å²) in [5, 5.41) is 8.93. The molecule has 0 bridgehead atoms. The van der Waals surface area contributed by atoms with Crippen LogP contribution in [0.15, 0.2) is 194 Å². The van der Waals surface area contributed by atoms with Gasteiger partial charge in [0.1, 0.15) is 0 Å². The molecule has 1 atom stereocenters. The van der Waals surface area contributed by atoms with E-state index in [0.717, 1.165) is 41.9 Å². The Morgan fingerprint density at radius 3 is 1.73 bits per heavy atom. The highest BCUT2D eigenvalue weighted by molar-refractivity contribution is 6.36. The van der Waals surface area contributed by atoms with Gasteiger partial charge in [-0.1, -0.05) is 134 Å². The van der Waals surface area contributed by atoms with E-state index in [1.165, 1.54) is 133 Å². The summed E-state index contributed by atoms with van der Waals surface area (Å²) in [7, 11) is 0. The van der Waals surface area contributed by atoms with Crippen molar-refractivity contribution in [1.29, 1.82) is 0 Å². The van der Waals surface area contributed by atoms with Crippen LogP contribution in [0.25, 0.3) is 87.7 Å². The summed E-state index contributed by atoms with van der Waals surface area (Å²) >= 11 is 0. The highest BCUT2D eigenvalue weighted by Crippen LogP contribution is 2.56. The minimum Gasteiger partial charge on any atom is -0.311 e. The van der Waals surface area contributed by atoms with Crippen molar-refractivity contribution in [1.82, 2.24) is 8.80 Å². The minimum absolute atomic E-state index is 0.273. The maximum absolute atomic E-state index is 3.44. The fourth-order valence-electron chi connectivity index (χ4n) is 13.7. The van der Waals surface area contributed by atoms with E-state index < -0.39 is 0 Å². The van der Waals surface area contributed by atoms with E-state index in [9.17, 15) is 0 Å². The third-order valence-corrected chi connectivity index (χ3v) is 16.2. The number of anilines is 5. The average molecular weight is 963 g/mol. The first-order valence-electron chi connectivity index (χ1n) is 26.6. The quantitative estimate of drug-likeness (QED) is 0.151. The van der Waals surface area contributed by atoms with Crippen LogP contribution in [-0.4, -0.2) is 8.80 Å². The summed E-state index contributed by atoms with van der Waals surface area (Å²) in [5.41, 5.74) is 26.1. The molecule has 0 aliphatic heterocycles. The second-order valence-corrected chi connectivity index (χ2v) is 21.4. The summed E-state index contributed by atoms with van der Waals surface area (Å²) in [5.74, 6) is 0.273. The Hall–Kier alpha value is -9.04. The molecule has 0 amide bonds. The number of fused-ring (bicyclic) bond motifs is 12. The molecule has 1 unspecified atom stereocenters. The molecule has 9 aromatic carbocycles. The van der Waals surface area contributed by atoms with Crippen molar-refractivity contribution < 1.29 is 0 Å². The number of hydrogen-bond acceptors (Lipinski definition) is 2. The van der Waals surface area contributed by atoms with Crippen LogP contribution in [0.2, 0.25) is 0 Å². The molecule has 2 aliphatic rings. The third-order valence-electron chi connectivity index (χ3n) is 16.2. The molecule has 0 N–H and O–H groups in total. The predicted molar refractivity (Wildman–Crippen MR) is 317 cm³/mol. The van der Waals surface area contributed by atoms with Crippen molar-refractivity contribution >= 4 is 105 Å². The van der Waals surface area contributed by atoms with Gasteiger partial charge in [-0.25, -0.2) is 0 Å². The van der Waals surface area contributed by atoms with Crippen LogP contribution < -0.4 is 9.80 Å². The lowest BCUT2D eigenvalue weighted by molar-refractivity contribution is 0.693. The number of allylic oxidation sites excluding steroid dienone is 5. The van der Waals surface area contributed by atoms with E-state index in [-0.39, 0.29) is 5.92 Å². The largest absolute Gasteiger partial charge is 0.311 e. The molecule has 4 heteroatoms. The first-order chi connectivity index (χ1) is 36.8. The number of aromatic nitrogens is 2. The molecule has 0 saturated carbocycles. The number of para-hydroxylation sites is 4. The van der Waals surface area contributed by atoms with E-state index >= 15 is 0 Å². The Kier molecular flexibility index (Phi) is 9.57. The van der Waals surface area contributed by atoms with Gasteiger partial charge in [0.05, 0.1) is 39.0 Å². The molecule has 0 radical (unpaired) electrons. The van der Waals surface area contributed by atoms with Crippen molar-refractivity contribution in [2.45, 2.75) is 53.9 Å². The first-order valence-corrected chi connectivity index (χ1v) is 26.6. The van der Waals surface area contributed by atoms with Gasteiger partial charge < -0.3 is 18.6 Å². The molecule has 0 fully saturated rings. The normalized spacial score (nSPS) is 14.7. The standard InChI is InChI=1S/C71H54N4/c1-43-35-44(2)38-52(37-43)72(50-25-14-8-15-26-50)58-33-20-34-59-64(58)54-29-18-31-56-66-63(49-23-12-7-13-24-49)71-67(62(48-21-10-6-11-22-48)70(66)74(59)68(54)56)57-32-19-30-55-65-60(41-47(5)42-61(65)75(71)69(55)57)73(51-27-16-9-17-28-51)53-39-45(3)36-46(4)40-53/h6,8-10,12,14-21,23-41,47H,11,22,42H2,1-5H3. The summed E-state index contributed by atoms with van der Waals surface area (Å²) in [4.78, 5) is 5.00. The third kappa shape index (κ3) is 6.38. The molecular formula is C71H54N4. The van der Waals surface area contributed by atoms with Crippen LogP contribution in [0.1, 0.15) is 58.8 Å². The Morgan fingerprint density at radius 2 is 1.09 bits per heavy atom. The minimum atomic E-state index is 0.273. The molecule has 4 heterocycles. The van der Waals surface area contributed by atoms with E-state index in [1.54, 1.807) is 0 Å². The zero-order valence-corrected chi connectivity index (χ0v) is 43.0. The monoisotopic (exact) mass is 962 g/mol. The summed E-state index contributed by atoms with van der Waals surface area (Å²) in [6, 6.07) is 70.1. The molecule has 0 spiro atoms. The van der Waals surface area contributed by atoms with Crippen molar-refractivity contribution in [2.75, 3.05) is 9.80 Å². The highest BCUT2D eigenvalue weighted by Gasteiger charge is 2.36. The Morgan fingerprint density at radius 1 is 0.507 bits per heavy atom. The molecule has 2 aliphatic carbocycles. The molecule has 4 nitrogen and oxygen atoms in total. The van der Waals surface area contributed by atoms with Crippen molar-refractivity contribution in [3.05, 3.63) is 245 Å². The van der Waals surface area contributed by atoms with Gasteiger partial charge in [-0.2, -0.15) is 0 Å². The highest BCUT2D eigenvalue weighted by atomic mass is 15.2. The summed E-state index contributed by atoms with van der Waals surface area (Å²) in [6.07, 6.45) is 12.4. The lowest BCUT2D eigenvalue weighted by atomic mass is 9.86. The Balaban J connectivity index is 1.12. The fraction of sp³-hybridized carbons (Fsp3) is 0.127. The SMILES string of the molecule is Cc1cc(C)cc(N(C2=CC(C)Cc3c2c2cccc4c5c(C6=CC=CCC6)c6c(c(-c7cc#ccc7)c5n3c24)c2cccc3c4c(N(c5ccccc5)c5cc(C)cc(C)c5)cccc4n6c32)c2ccccc2)c1. The van der Waals surface area contributed by atoms with Crippen molar-refractivity contribution in [2.24, 2.45) is 5.92 Å². The van der Waals surface area contributed by atoms with Crippen LogP contribution >= 0.6 is 0 Å². The number of rotatable bonds is 8. The predicted octanol–water partition coefficient (Wildman–Crippen LogP) is 18.9. The smallest absolute Gasteiger partial charge is 0.0630 e. The zero-order valence-electron chi connectivity index (χ0n) is 43.0. The lowest BCUT2D eigenvalue weighted by Crippen LogP contribution is -2.21. The molecule has 13 aromatic rings. The van der Waals surface area contributed by atoms with E-state index in [4.69, 9.17) is 0 Å². The number of aryl methyl sites for hydroxylation is 4. The van der Waals surface area contributed by atoms with Gasteiger partial charge >= 0.3 is 0 Å². The van der Waals surface area contributed by atoms with Gasteiger partial charge in [-0.05, 0) is 165 Å². The van der Waals surface area contributed by atoms with Crippen LogP contribution in [0.4, 0.5) is 28.4 Å². The summed E-state index contributed by atoms with van der Waals surface area (Å²) < 4.78 is 5.39. The van der Waals surface area contributed by atoms with Crippen LogP contribution in [0, 0.1) is 45.7 Å². The Bertz CT molecular complexity index is 4510. The van der Waals surface area contributed by atoms with Gasteiger partial charge in [0.2, 0.25) is 0 Å². The maximum Gasteiger partial charge on any atom is 0.0630 e. The van der Waals surface area contributed by atoms with Crippen LogP contribution in [-0.2, 0) is 6.42 Å². The van der Waals surface area contributed by atoms with Gasteiger partial charge in [-0.15, -0.1) is 0 Å². The molecule has 4 aromatic heterocycles. The number of benzene rings is 8. The van der Waals surface area contributed by atoms with Crippen molar-refractivity contribution in [3.8, 4) is 11.1 Å². The fourth-order valence-corrected chi connectivity index (χ4v) is 13.7. The van der Waals surface area contributed by atoms with Gasteiger partial charge in [0.15, 0.2) is 0 Å². The second kappa shape index (κ2) is 16.5. The van der Waals surface area contributed by atoms with Crippen molar-refractivity contribution in [3.63, 3.8) is 0 Å². The Labute approximate surface area is 437 Å². The van der Waals surface area contributed by atoms with Gasteiger partial charge in [0.25, 0.3) is 0 Å². The molecular weight excluding hydrogens is 909 g/mol. The van der Waals surface area contributed by atoms with Gasteiger partial charge in [0, 0.05) is 82.8 Å². The molecule has 75 heavy (non-hydrogen) atoms. The van der Waals surface area contributed by atoms with E-state index in [2.05, 4.69) is 253 Å². The molecule has 358 valence electrons. The molecule has 15 rings (SSSR count). The average Bonchev–Trinajstić information content (AvgIpc) is 4.36. The maximum atomic E-state index is 3.44. The first kappa shape index (κ1) is 43.5.